The molecule has 2 rings (SSSR count). The van der Waals surface area contributed by atoms with E-state index in [0.29, 0.717) is 0 Å². The molecule has 2 aromatic rings. The van der Waals surface area contributed by atoms with Crippen LogP contribution in [0.5, 0.6) is 0 Å². The number of halogens is 1. The van der Waals surface area contributed by atoms with Gasteiger partial charge in [-0.1, -0.05) is 0 Å². The number of hydrogen-bond acceptors (Lipinski definition) is 1. The van der Waals surface area contributed by atoms with Gasteiger partial charge < -0.3 is 10.3 Å². The first-order chi connectivity index (χ1) is 7.44. The summed E-state index contributed by atoms with van der Waals surface area (Å²) in [5, 5.41) is 4.31. The summed E-state index contributed by atoms with van der Waals surface area (Å²) in [6.45, 7) is 7.12. The molecule has 16 heavy (non-hydrogen) atoms. The molecule has 0 amide bonds. The molecule has 3 heteroatoms. The minimum Gasteiger partial charge on any atom is -0.357 e. The van der Waals surface area contributed by atoms with Gasteiger partial charge >= 0.3 is 0 Å². The molecule has 0 bridgehead atoms. The molecule has 0 aliphatic heterocycles. The molecular weight excluding hydrogens is 203 g/mol. The fourth-order valence-electron chi connectivity index (χ4n) is 1.62. The lowest BCUT2D eigenvalue weighted by molar-refractivity contribution is 0.422. The van der Waals surface area contributed by atoms with Crippen LogP contribution in [0.1, 0.15) is 26.5 Å². The van der Waals surface area contributed by atoms with E-state index in [-0.39, 0.29) is 11.4 Å². The molecule has 1 aromatic heterocycles. The second-order valence-corrected chi connectivity index (χ2v) is 5.13. The SMILES string of the molecule is CC(C)(C)NCc1cc2cc(F)ccc2[nH]1. The van der Waals surface area contributed by atoms with Crippen LogP contribution in [0.15, 0.2) is 24.3 Å². The van der Waals surface area contributed by atoms with Crippen molar-refractivity contribution in [2.24, 2.45) is 0 Å². The molecule has 0 saturated heterocycles. The van der Waals surface area contributed by atoms with E-state index in [0.717, 1.165) is 23.1 Å². The maximum absolute atomic E-state index is 13.0. The second-order valence-electron chi connectivity index (χ2n) is 5.13. The molecule has 0 spiro atoms. The number of fused-ring (bicyclic) bond motifs is 1. The molecule has 0 aliphatic carbocycles. The Bertz CT molecular complexity index is 494. The molecule has 1 aromatic carbocycles. The van der Waals surface area contributed by atoms with Crippen molar-refractivity contribution in [2.75, 3.05) is 0 Å². The molecule has 0 saturated carbocycles. The minimum absolute atomic E-state index is 0.0859. The Morgan fingerprint density at radius 1 is 1.25 bits per heavy atom. The standard InChI is InChI=1S/C13H17FN2/c1-13(2,3)15-8-11-7-9-6-10(14)4-5-12(9)16-11/h4-7,15-16H,8H2,1-3H3. The van der Waals surface area contributed by atoms with Crippen molar-refractivity contribution in [1.29, 1.82) is 0 Å². The van der Waals surface area contributed by atoms with E-state index >= 15 is 0 Å². The van der Waals surface area contributed by atoms with Gasteiger partial charge in [0.1, 0.15) is 5.82 Å². The average molecular weight is 220 g/mol. The second kappa shape index (κ2) is 3.91. The highest BCUT2D eigenvalue weighted by molar-refractivity contribution is 5.80. The van der Waals surface area contributed by atoms with Crippen LogP contribution in [0, 0.1) is 5.82 Å². The van der Waals surface area contributed by atoms with Crippen LogP contribution in [-0.2, 0) is 6.54 Å². The highest BCUT2D eigenvalue weighted by atomic mass is 19.1. The normalized spacial score (nSPS) is 12.2. The van der Waals surface area contributed by atoms with E-state index in [4.69, 9.17) is 0 Å². The van der Waals surface area contributed by atoms with Gasteiger partial charge in [-0.3, -0.25) is 0 Å². The molecular formula is C13H17FN2. The maximum atomic E-state index is 13.0. The summed E-state index contributed by atoms with van der Waals surface area (Å²) in [6.07, 6.45) is 0. The van der Waals surface area contributed by atoms with Gasteiger partial charge in [0.25, 0.3) is 0 Å². The van der Waals surface area contributed by atoms with Gasteiger partial charge in [0, 0.05) is 28.7 Å². The van der Waals surface area contributed by atoms with Gasteiger partial charge in [-0.05, 0) is 45.0 Å². The maximum Gasteiger partial charge on any atom is 0.123 e. The van der Waals surface area contributed by atoms with Crippen molar-refractivity contribution in [3.63, 3.8) is 0 Å². The van der Waals surface area contributed by atoms with Gasteiger partial charge in [0.15, 0.2) is 0 Å². The van der Waals surface area contributed by atoms with E-state index in [1.165, 1.54) is 6.07 Å². The number of benzene rings is 1. The number of nitrogens with one attached hydrogen (secondary N) is 2. The van der Waals surface area contributed by atoms with Crippen LogP contribution in [0.3, 0.4) is 0 Å². The van der Waals surface area contributed by atoms with E-state index in [2.05, 4.69) is 31.1 Å². The lowest BCUT2D eigenvalue weighted by Gasteiger charge is -2.19. The zero-order valence-electron chi connectivity index (χ0n) is 9.89. The molecule has 0 unspecified atom stereocenters. The summed E-state index contributed by atoms with van der Waals surface area (Å²) in [5.74, 6) is -0.193. The monoisotopic (exact) mass is 220 g/mol. The predicted octanol–water partition coefficient (Wildman–Crippen LogP) is 3.20. The highest BCUT2D eigenvalue weighted by Gasteiger charge is 2.09. The number of aromatic amines is 1. The summed E-state index contributed by atoms with van der Waals surface area (Å²) in [4.78, 5) is 3.27. The Hall–Kier alpha value is -1.35. The molecule has 86 valence electrons. The quantitative estimate of drug-likeness (QED) is 0.799. The third-order valence-corrected chi connectivity index (χ3v) is 2.45. The lowest BCUT2D eigenvalue weighted by Crippen LogP contribution is -2.35. The smallest absolute Gasteiger partial charge is 0.123 e. The number of rotatable bonds is 2. The van der Waals surface area contributed by atoms with Crippen molar-refractivity contribution in [3.05, 3.63) is 35.8 Å². The summed E-state index contributed by atoms with van der Waals surface area (Å²) in [5.41, 5.74) is 2.14. The van der Waals surface area contributed by atoms with Crippen molar-refractivity contribution in [2.45, 2.75) is 32.9 Å². The largest absolute Gasteiger partial charge is 0.357 e. The topological polar surface area (TPSA) is 27.8 Å². The zero-order valence-corrected chi connectivity index (χ0v) is 9.89. The Morgan fingerprint density at radius 3 is 2.69 bits per heavy atom. The van der Waals surface area contributed by atoms with Crippen LogP contribution in [-0.4, -0.2) is 10.5 Å². The highest BCUT2D eigenvalue weighted by Crippen LogP contribution is 2.17. The van der Waals surface area contributed by atoms with Crippen LogP contribution < -0.4 is 5.32 Å². The Kier molecular flexibility index (Phi) is 2.72. The minimum atomic E-state index is -0.193. The van der Waals surface area contributed by atoms with E-state index in [1.807, 2.05) is 6.07 Å². The molecule has 0 aliphatic rings. The fraction of sp³-hybridized carbons (Fsp3) is 0.385. The van der Waals surface area contributed by atoms with Crippen LogP contribution in [0.2, 0.25) is 0 Å². The first-order valence-corrected chi connectivity index (χ1v) is 5.46. The molecule has 2 N–H and O–H groups in total. The van der Waals surface area contributed by atoms with Crippen LogP contribution in [0.25, 0.3) is 10.9 Å². The van der Waals surface area contributed by atoms with Crippen molar-refractivity contribution in [1.82, 2.24) is 10.3 Å². The van der Waals surface area contributed by atoms with Gasteiger partial charge in [0.2, 0.25) is 0 Å². The summed E-state index contributed by atoms with van der Waals surface area (Å²) in [7, 11) is 0. The zero-order chi connectivity index (χ0) is 11.8. The number of H-pyrrole nitrogens is 1. The van der Waals surface area contributed by atoms with Crippen LogP contribution in [0.4, 0.5) is 4.39 Å². The van der Waals surface area contributed by atoms with Gasteiger partial charge in [0.05, 0.1) is 0 Å². The Balaban J connectivity index is 2.20. The fourth-order valence-corrected chi connectivity index (χ4v) is 1.62. The molecule has 0 fully saturated rings. The Labute approximate surface area is 94.9 Å². The van der Waals surface area contributed by atoms with Gasteiger partial charge in [-0.15, -0.1) is 0 Å². The first-order valence-electron chi connectivity index (χ1n) is 5.46. The molecule has 2 nitrogen and oxygen atoms in total. The van der Waals surface area contributed by atoms with Crippen molar-refractivity contribution >= 4 is 10.9 Å². The summed E-state index contributed by atoms with van der Waals surface area (Å²) in [6, 6.07) is 6.77. The summed E-state index contributed by atoms with van der Waals surface area (Å²) < 4.78 is 13.0. The van der Waals surface area contributed by atoms with E-state index < -0.39 is 0 Å². The average Bonchev–Trinajstić information content (AvgIpc) is 2.55. The lowest BCUT2D eigenvalue weighted by atomic mass is 10.1. The van der Waals surface area contributed by atoms with Crippen molar-refractivity contribution in [3.8, 4) is 0 Å². The number of hydrogen-bond donors (Lipinski definition) is 2. The third-order valence-electron chi connectivity index (χ3n) is 2.45. The van der Waals surface area contributed by atoms with E-state index in [1.54, 1.807) is 12.1 Å². The van der Waals surface area contributed by atoms with Crippen LogP contribution >= 0.6 is 0 Å². The number of aromatic nitrogens is 1. The Morgan fingerprint density at radius 2 is 2.00 bits per heavy atom. The van der Waals surface area contributed by atoms with Crippen molar-refractivity contribution < 1.29 is 4.39 Å². The molecule has 1 heterocycles. The van der Waals surface area contributed by atoms with Gasteiger partial charge in [-0.25, -0.2) is 4.39 Å². The first kappa shape index (κ1) is 11.1. The van der Waals surface area contributed by atoms with E-state index in [9.17, 15) is 4.39 Å². The summed E-state index contributed by atoms with van der Waals surface area (Å²) >= 11 is 0. The molecule has 0 radical (unpaired) electrons. The third kappa shape index (κ3) is 2.61. The molecule has 0 atom stereocenters. The predicted molar refractivity (Wildman–Crippen MR) is 64.8 cm³/mol. The van der Waals surface area contributed by atoms with Gasteiger partial charge in [-0.2, -0.15) is 0 Å².